The molecule has 40 heavy (non-hydrogen) atoms. The van der Waals surface area contributed by atoms with Gasteiger partial charge in [-0.3, -0.25) is 29.0 Å². The first-order valence-electron chi connectivity index (χ1n) is 13.2. The van der Waals surface area contributed by atoms with Crippen LogP contribution in [0, 0.1) is 5.92 Å². The van der Waals surface area contributed by atoms with E-state index in [0.717, 1.165) is 0 Å². The van der Waals surface area contributed by atoms with Gasteiger partial charge < -0.3 is 48.9 Å². The van der Waals surface area contributed by atoms with Gasteiger partial charge in [-0.05, 0) is 44.4 Å². The van der Waals surface area contributed by atoms with E-state index >= 15 is 0 Å². The third-order valence-electron chi connectivity index (χ3n) is 6.22. The molecule has 0 aromatic rings. The van der Waals surface area contributed by atoms with Crippen LogP contribution in [0.3, 0.4) is 0 Å². The second-order valence-corrected chi connectivity index (χ2v) is 10.1. The molecular formula is C24H43N9O7. The molecule has 12 N–H and O–H groups in total. The SMILES string of the molecule is CC(C)C[C@H](N)C(=O)NCC(=O)N1CCC[C@H]1C(=O)N[C@@H](CCC(N)=O)C(=O)N[C@@H](CCCN=C(N)N)C(=O)O. The maximum atomic E-state index is 13.1. The number of nitrogens with two attached hydrogens (primary N) is 4. The van der Waals surface area contributed by atoms with Gasteiger partial charge >= 0.3 is 5.97 Å². The number of carboxylic acid groups (broad SMARTS) is 1. The summed E-state index contributed by atoms with van der Waals surface area (Å²) in [5.41, 5.74) is 21.5. The zero-order valence-corrected chi connectivity index (χ0v) is 23.1. The third-order valence-corrected chi connectivity index (χ3v) is 6.22. The molecular weight excluding hydrogens is 526 g/mol. The third kappa shape index (κ3) is 12.3. The molecule has 1 aliphatic heterocycles. The average molecular weight is 570 g/mol. The van der Waals surface area contributed by atoms with Crippen molar-refractivity contribution in [3.8, 4) is 0 Å². The summed E-state index contributed by atoms with van der Waals surface area (Å²) in [6, 6.07) is -4.28. The Morgan fingerprint density at radius 1 is 1.00 bits per heavy atom. The number of aliphatic carboxylic acids is 1. The summed E-state index contributed by atoms with van der Waals surface area (Å²) < 4.78 is 0. The Balaban J connectivity index is 2.85. The highest BCUT2D eigenvalue weighted by Crippen LogP contribution is 2.18. The number of aliphatic imine (C=N–C) groups is 1. The first-order chi connectivity index (χ1) is 18.7. The quantitative estimate of drug-likeness (QED) is 0.0494. The van der Waals surface area contributed by atoms with Gasteiger partial charge in [0.2, 0.25) is 29.5 Å². The van der Waals surface area contributed by atoms with Gasteiger partial charge in [-0.15, -0.1) is 0 Å². The van der Waals surface area contributed by atoms with Gasteiger partial charge in [0.15, 0.2) is 5.96 Å². The number of nitrogens with zero attached hydrogens (tertiary/aromatic N) is 2. The topological polar surface area (TPSA) is 278 Å². The van der Waals surface area contributed by atoms with Crippen LogP contribution in [0.5, 0.6) is 0 Å². The van der Waals surface area contributed by atoms with Gasteiger partial charge in [0.05, 0.1) is 12.6 Å². The summed E-state index contributed by atoms with van der Waals surface area (Å²) in [5.74, 6) is -4.43. The van der Waals surface area contributed by atoms with Crippen molar-refractivity contribution in [2.45, 2.75) is 83.0 Å². The second-order valence-electron chi connectivity index (χ2n) is 10.1. The fourth-order valence-electron chi connectivity index (χ4n) is 4.20. The number of amides is 5. The maximum absolute atomic E-state index is 13.1. The van der Waals surface area contributed by atoms with Crippen molar-refractivity contribution >= 4 is 41.5 Å². The molecule has 1 fully saturated rings. The monoisotopic (exact) mass is 569 g/mol. The van der Waals surface area contributed by atoms with E-state index in [9.17, 15) is 33.9 Å². The number of carbonyl (C=O) groups is 6. The van der Waals surface area contributed by atoms with Crippen LogP contribution in [0.15, 0.2) is 4.99 Å². The highest BCUT2D eigenvalue weighted by molar-refractivity contribution is 5.95. The summed E-state index contributed by atoms with van der Waals surface area (Å²) in [4.78, 5) is 79.1. The molecule has 16 nitrogen and oxygen atoms in total. The van der Waals surface area contributed by atoms with Gasteiger partial charge in [0, 0.05) is 19.5 Å². The number of primary amides is 1. The van der Waals surface area contributed by atoms with Gasteiger partial charge in [-0.2, -0.15) is 0 Å². The van der Waals surface area contributed by atoms with Crippen molar-refractivity contribution in [3.05, 3.63) is 0 Å². The molecule has 0 unspecified atom stereocenters. The second kappa shape index (κ2) is 16.9. The minimum atomic E-state index is -1.30. The molecule has 1 saturated heterocycles. The predicted octanol–water partition coefficient (Wildman–Crippen LogP) is -3.16. The van der Waals surface area contributed by atoms with Gasteiger partial charge in [0.25, 0.3) is 0 Å². The predicted molar refractivity (Wildman–Crippen MR) is 145 cm³/mol. The van der Waals surface area contributed by atoms with E-state index in [1.165, 1.54) is 4.90 Å². The van der Waals surface area contributed by atoms with E-state index in [1.807, 2.05) is 13.8 Å². The molecule has 0 spiro atoms. The molecule has 0 aromatic carbocycles. The zero-order valence-electron chi connectivity index (χ0n) is 23.1. The van der Waals surface area contributed by atoms with Crippen LogP contribution in [0.2, 0.25) is 0 Å². The number of likely N-dealkylation sites (tertiary alicyclic amines) is 1. The Bertz CT molecular complexity index is 953. The van der Waals surface area contributed by atoms with E-state index < -0.39 is 59.7 Å². The van der Waals surface area contributed by atoms with Gasteiger partial charge in [-0.25, -0.2) is 4.79 Å². The van der Waals surface area contributed by atoms with Crippen LogP contribution >= 0.6 is 0 Å². The van der Waals surface area contributed by atoms with Crippen molar-refractivity contribution in [2.75, 3.05) is 19.6 Å². The van der Waals surface area contributed by atoms with E-state index in [2.05, 4.69) is 20.9 Å². The Morgan fingerprint density at radius 3 is 2.25 bits per heavy atom. The van der Waals surface area contributed by atoms with Crippen LogP contribution in [0.1, 0.15) is 58.8 Å². The lowest BCUT2D eigenvalue weighted by Crippen LogP contribution is -2.56. The largest absolute Gasteiger partial charge is 0.480 e. The Morgan fingerprint density at radius 2 is 1.68 bits per heavy atom. The maximum Gasteiger partial charge on any atom is 0.326 e. The van der Waals surface area contributed by atoms with E-state index in [0.29, 0.717) is 19.3 Å². The molecule has 0 aromatic heterocycles. The highest BCUT2D eigenvalue weighted by Gasteiger charge is 2.36. The molecule has 0 saturated carbocycles. The van der Waals surface area contributed by atoms with Crippen molar-refractivity contribution in [1.82, 2.24) is 20.9 Å². The fraction of sp³-hybridized carbons (Fsp3) is 0.708. The molecule has 226 valence electrons. The van der Waals surface area contributed by atoms with Crippen molar-refractivity contribution < 1.29 is 33.9 Å². The van der Waals surface area contributed by atoms with Crippen molar-refractivity contribution in [3.63, 3.8) is 0 Å². The summed E-state index contributed by atoms with van der Waals surface area (Å²) in [6.45, 7) is 3.90. The Hall–Kier alpha value is -3.95. The standard InChI is InChI=1S/C24H43N9O7/c1-13(2)11-14(25)20(36)30-12-19(35)33-10-4-6-17(33)22(38)31-15(7-8-18(26)34)21(37)32-16(23(39)40)5-3-9-29-24(27)28/h13-17H,3-12,25H2,1-2H3,(H2,26,34)(H,30,36)(H,31,38)(H,32,37)(H,39,40)(H4,27,28,29)/t14-,15-,16-,17-/m0/s1. The Kier molecular flexibility index (Phi) is 14.4. The lowest BCUT2D eigenvalue weighted by atomic mass is 10.0. The summed E-state index contributed by atoms with van der Waals surface area (Å²) >= 11 is 0. The van der Waals surface area contributed by atoms with Crippen LogP contribution < -0.4 is 38.9 Å². The lowest BCUT2D eigenvalue weighted by Gasteiger charge is -2.27. The van der Waals surface area contributed by atoms with E-state index in [4.69, 9.17) is 22.9 Å². The number of carboxylic acids is 1. The van der Waals surface area contributed by atoms with Crippen molar-refractivity contribution in [2.24, 2.45) is 33.8 Å². The molecule has 0 aliphatic carbocycles. The summed E-state index contributed by atoms with van der Waals surface area (Å²) in [7, 11) is 0. The number of hydrogen-bond acceptors (Lipinski definition) is 8. The molecule has 16 heteroatoms. The molecule has 1 aliphatic rings. The smallest absolute Gasteiger partial charge is 0.326 e. The molecule has 5 amide bonds. The molecule has 1 heterocycles. The number of guanidine groups is 1. The first kappa shape index (κ1) is 34.1. The van der Waals surface area contributed by atoms with E-state index in [1.54, 1.807) is 0 Å². The number of nitrogens with one attached hydrogen (secondary N) is 3. The lowest BCUT2D eigenvalue weighted by molar-refractivity contribution is -0.143. The normalized spacial score (nSPS) is 16.9. The molecule has 0 bridgehead atoms. The van der Waals surface area contributed by atoms with E-state index in [-0.39, 0.29) is 57.2 Å². The first-order valence-corrected chi connectivity index (χ1v) is 13.2. The summed E-state index contributed by atoms with van der Waals surface area (Å²) in [5, 5.41) is 16.9. The molecule has 1 rings (SSSR count). The molecule has 0 radical (unpaired) electrons. The van der Waals surface area contributed by atoms with Gasteiger partial charge in [0.1, 0.15) is 18.1 Å². The minimum Gasteiger partial charge on any atom is -0.480 e. The number of carbonyl (C=O) groups excluding carboxylic acids is 5. The number of rotatable bonds is 17. The van der Waals surface area contributed by atoms with Crippen LogP contribution in [0.4, 0.5) is 0 Å². The fourth-order valence-corrected chi connectivity index (χ4v) is 4.20. The summed E-state index contributed by atoms with van der Waals surface area (Å²) in [6.07, 6.45) is 1.10. The highest BCUT2D eigenvalue weighted by atomic mass is 16.4. The van der Waals surface area contributed by atoms with Gasteiger partial charge in [-0.1, -0.05) is 13.8 Å². The van der Waals surface area contributed by atoms with Crippen LogP contribution in [-0.4, -0.2) is 95.3 Å². The molecule has 4 atom stereocenters. The van der Waals surface area contributed by atoms with Crippen molar-refractivity contribution in [1.29, 1.82) is 0 Å². The van der Waals surface area contributed by atoms with Crippen LogP contribution in [0.25, 0.3) is 0 Å². The minimum absolute atomic E-state index is 0.00574. The number of hydrogen-bond donors (Lipinski definition) is 8. The average Bonchev–Trinajstić information content (AvgIpc) is 3.35. The van der Waals surface area contributed by atoms with Crippen LogP contribution in [-0.2, 0) is 28.8 Å². The Labute approximate surface area is 233 Å². The zero-order chi connectivity index (χ0) is 30.4.